The van der Waals surface area contributed by atoms with Gasteiger partial charge in [-0.25, -0.2) is 9.78 Å². The highest BCUT2D eigenvalue weighted by Gasteiger charge is 2.24. The number of amides is 2. The molecule has 0 radical (unpaired) electrons. The van der Waals surface area contributed by atoms with E-state index in [1.807, 2.05) is 51.9 Å². The van der Waals surface area contributed by atoms with E-state index in [9.17, 15) is 9.59 Å². The smallest absolute Gasteiger partial charge is 0.421 e. The highest BCUT2D eigenvalue weighted by atomic mass is 16.6. The summed E-state index contributed by atoms with van der Waals surface area (Å²) < 4.78 is 17.0. The van der Waals surface area contributed by atoms with Crippen LogP contribution >= 0.6 is 0 Å². The van der Waals surface area contributed by atoms with Gasteiger partial charge in [0.2, 0.25) is 5.95 Å². The maximum absolute atomic E-state index is 13.9. The van der Waals surface area contributed by atoms with Crippen molar-refractivity contribution in [2.45, 2.75) is 27.3 Å². The second-order valence-corrected chi connectivity index (χ2v) is 10.9. The van der Waals surface area contributed by atoms with Gasteiger partial charge in [0.25, 0.3) is 5.91 Å². The van der Waals surface area contributed by atoms with Crippen LogP contribution in [0.15, 0.2) is 66.9 Å². The molecule has 1 aromatic heterocycles. The van der Waals surface area contributed by atoms with Gasteiger partial charge in [-0.1, -0.05) is 17.7 Å². The van der Waals surface area contributed by atoms with Gasteiger partial charge in [-0.2, -0.15) is 4.98 Å². The number of rotatable bonds is 12. The SMILES string of the molecule is COc1ccc(OC)c(CN(C(=O)Oc2c(C)cc(C)cc2C)c2ccnc(Nc3ccc(C(=O)NCCN(C)C)cc3)n2)c1. The molecule has 0 fully saturated rings. The van der Waals surface area contributed by atoms with Crippen LogP contribution in [-0.4, -0.2) is 68.3 Å². The third-order valence-electron chi connectivity index (χ3n) is 7.00. The number of hydrogen-bond donors (Lipinski definition) is 2. The maximum atomic E-state index is 13.9. The lowest BCUT2D eigenvalue weighted by atomic mass is 10.1. The highest BCUT2D eigenvalue weighted by molar-refractivity contribution is 5.94. The van der Waals surface area contributed by atoms with Gasteiger partial charge in [0.1, 0.15) is 23.1 Å². The average Bonchev–Trinajstić information content (AvgIpc) is 3.01. The minimum Gasteiger partial charge on any atom is -0.497 e. The first-order chi connectivity index (χ1) is 21.6. The van der Waals surface area contributed by atoms with E-state index in [1.165, 1.54) is 4.90 Å². The molecule has 3 aromatic carbocycles. The molecular weight excluding hydrogens is 572 g/mol. The Labute approximate surface area is 264 Å². The van der Waals surface area contributed by atoms with E-state index in [1.54, 1.807) is 68.9 Å². The van der Waals surface area contributed by atoms with Crippen LogP contribution in [-0.2, 0) is 6.54 Å². The molecule has 0 bridgehead atoms. The predicted octanol–water partition coefficient (Wildman–Crippen LogP) is 5.66. The van der Waals surface area contributed by atoms with Crippen molar-refractivity contribution in [2.75, 3.05) is 51.6 Å². The zero-order chi connectivity index (χ0) is 32.5. The zero-order valence-electron chi connectivity index (χ0n) is 26.8. The molecule has 0 aliphatic carbocycles. The third kappa shape index (κ3) is 8.70. The van der Waals surface area contributed by atoms with Crippen LogP contribution in [0.2, 0.25) is 0 Å². The number of carbonyl (C=O) groups is 2. The van der Waals surface area contributed by atoms with E-state index in [-0.39, 0.29) is 18.4 Å². The summed E-state index contributed by atoms with van der Waals surface area (Å²) >= 11 is 0. The number of nitrogens with zero attached hydrogens (tertiary/aromatic N) is 4. The van der Waals surface area contributed by atoms with Gasteiger partial charge in [-0.3, -0.25) is 9.69 Å². The Bertz CT molecular complexity index is 1620. The Hall–Kier alpha value is -5.16. The summed E-state index contributed by atoms with van der Waals surface area (Å²) in [5.41, 5.74) is 4.67. The van der Waals surface area contributed by atoms with Crippen LogP contribution in [0.5, 0.6) is 17.2 Å². The van der Waals surface area contributed by atoms with Gasteiger partial charge < -0.3 is 29.7 Å². The summed E-state index contributed by atoms with van der Waals surface area (Å²) in [5, 5.41) is 6.06. The van der Waals surface area contributed by atoms with Crippen LogP contribution in [0.1, 0.15) is 32.6 Å². The van der Waals surface area contributed by atoms with Crippen molar-refractivity contribution in [1.29, 1.82) is 0 Å². The molecule has 0 aliphatic heterocycles. The molecule has 0 saturated carbocycles. The molecule has 0 unspecified atom stereocenters. The lowest BCUT2D eigenvalue weighted by Gasteiger charge is -2.24. The maximum Gasteiger partial charge on any atom is 0.421 e. The standard InChI is InChI=1S/C34H40N6O5/c1-22-18-23(2)31(24(3)19-22)45-34(42)40(21-26-20-28(43-6)12-13-29(26)44-7)30-14-15-36-33(38-30)37-27-10-8-25(9-11-27)32(41)35-16-17-39(4)5/h8-15,18-20H,16-17,21H2,1-7H3,(H,35,41)(H,36,37,38). The normalized spacial score (nSPS) is 10.8. The van der Waals surface area contributed by atoms with Gasteiger partial charge in [0.05, 0.1) is 20.8 Å². The first kappa shape index (κ1) is 32.7. The molecule has 11 heteroatoms. The number of nitrogens with one attached hydrogen (secondary N) is 2. The number of hydrogen-bond acceptors (Lipinski definition) is 9. The molecule has 11 nitrogen and oxygen atoms in total. The molecule has 0 spiro atoms. The molecule has 4 rings (SSSR count). The highest BCUT2D eigenvalue weighted by Crippen LogP contribution is 2.30. The molecule has 0 saturated heterocycles. The van der Waals surface area contributed by atoms with Crippen LogP contribution < -0.4 is 29.7 Å². The van der Waals surface area contributed by atoms with E-state index >= 15 is 0 Å². The third-order valence-corrected chi connectivity index (χ3v) is 7.00. The summed E-state index contributed by atoms with van der Waals surface area (Å²) in [6.07, 6.45) is 0.937. The van der Waals surface area contributed by atoms with Crippen molar-refractivity contribution >= 4 is 29.5 Å². The molecular formula is C34H40N6O5. The molecule has 236 valence electrons. The molecule has 2 amide bonds. The molecule has 0 aliphatic rings. The predicted molar refractivity (Wildman–Crippen MR) is 175 cm³/mol. The number of carbonyl (C=O) groups excluding carboxylic acids is 2. The van der Waals surface area contributed by atoms with Gasteiger partial charge in [0.15, 0.2) is 0 Å². The molecule has 45 heavy (non-hydrogen) atoms. The zero-order valence-corrected chi connectivity index (χ0v) is 26.8. The Morgan fingerprint density at radius 3 is 2.24 bits per heavy atom. The summed E-state index contributed by atoms with van der Waals surface area (Å²) in [6, 6.07) is 17.9. The molecule has 2 N–H and O–H groups in total. The van der Waals surface area contributed by atoms with Crippen LogP contribution in [0.25, 0.3) is 0 Å². The fraction of sp³-hybridized carbons (Fsp3) is 0.294. The van der Waals surface area contributed by atoms with Gasteiger partial charge in [0, 0.05) is 36.1 Å². The van der Waals surface area contributed by atoms with Crippen molar-refractivity contribution in [2.24, 2.45) is 0 Å². The van der Waals surface area contributed by atoms with Gasteiger partial charge >= 0.3 is 6.09 Å². The minimum atomic E-state index is -0.621. The van der Waals surface area contributed by atoms with Crippen molar-refractivity contribution in [3.05, 3.63) is 94.7 Å². The number of aromatic nitrogens is 2. The molecule has 0 atom stereocenters. The van der Waals surface area contributed by atoms with Crippen LogP contribution in [0.4, 0.5) is 22.2 Å². The lowest BCUT2D eigenvalue weighted by molar-refractivity contribution is 0.0951. The Morgan fingerprint density at radius 2 is 1.60 bits per heavy atom. The summed E-state index contributed by atoms with van der Waals surface area (Å²) in [7, 11) is 7.05. The van der Waals surface area contributed by atoms with Crippen molar-refractivity contribution < 1.29 is 23.8 Å². The van der Waals surface area contributed by atoms with E-state index in [2.05, 4.69) is 20.6 Å². The number of benzene rings is 3. The van der Waals surface area contributed by atoms with Crippen molar-refractivity contribution in [3.63, 3.8) is 0 Å². The van der Waals surface area contributed by atoms with Crippen LogP contribution in [0, 0.1) is 20.8 Å². The first-order valence-electron chi connectivity index (χ1n) is 14.5. The second-order valence-electron chi connectivity index (χ2n) is 10.9. The fourth-order valence-corrected chi connectivity index (χ4v) is 4.77. The van der Waals surface area contributed by atoms with Crippen molar-refractivity contribution in [1.82, 2.24) is 20.2 Å². The number of likely N-dealkylation sites (N-methyl/N-ethyl adjacent to an activating group) is 1. The first-order valence-corrected chi connectivity index (χ1v) is 14.5. The number of methoxy groups -OCH3 is 2. The lowest BCUT2D eigenvalue weighted by Crippen LogP contribution is -2.34. The largest absolute Gasteiger partial charge is 0.497 e. The number of ether oxygens (including phenoxy) is 3. The summed E-state index contributed by atoms with van der Waals surface area (Å²) in [4.78, 5) is 38.7. The van der Waals surface area contributed by atoms with Gasteiger partial charge in [-0.05, 0) is 94.5 Å². The second kappa shape index (κ2) is 15.0. The van der Waals surface area contributed by atoms with Gasteiger partial charge in [-0.15, -0.1) is 0 Å². The Balaban J connectivity index is 1.61. The van der Waals surface area contributed by atoms with E-state index in [0.29, 0.717) is 46.4 Å². The number of anilines is 3. The van der Waals surface area contributed by atoms with E-state index in [0.717, 1.165) is 23.2 Å². The quantitative estimate of drug-likeness (QED) is 0.209. The number of aryl methyl sites for hydroxylation is 3. The minimum absolute atomic E-state index is 0.0806. The fourth-order valence-electron chi connectivity index (χ4n) is 4.77. The molecule has 4 aromatic rings. The monoisotopic (exact) mass is 612 g/mol. The van der Waals surface area contributed by atoms with E-state index < -0.39 is 6.09 Å². The van der Waals surface area contributed by atoms with Crippen LogP contribution in [0.3, 0.4) is 0 Å². The summed E-state index contributed by atoms with van der Waals surface area (Å²) in [6.45, 7) is 7.19. The average molecular weight is 613 g/mol. The Kier molecular flexibility index (Phi) is 10.9. The molecule has 1 heterocycles. The topological polar surface area (TPSA) is 118 Å². The van der Waals surface area contributed by atoms with Crippen molar-refractivity contribution in [3.8, 4) is 17.2 Å². The summed E-state index contributed by atoms with van der Waals surface area (Å²) in [5.74, 6) is 2.10. The Morgan fingerprint density at radius 1 is 0.889 bits per heavy atom. The van der Waals surface area contributed by atoms with E-state index in [4.69, 9.17) is 14.2 Å².